The van der Waals surface area contributed by atoms with E-state index in [2.05, 4.69) is 0 Å². The van der Waals surface area contributed by atoms with Crippen LogP contribution >= 0.6 is 0 Å². The molecule has 0 heterocycles. The summed E-state index contributed by atoms with van der Waals surface area (Å²) in [5, 5.41) is 0. The lowest BCUT2D eigenvalue weighted by Crippen LogP contribution is -2.37. The molecule has 4 nitrogen and oxygen atoms in total. The number of methoxy groups -OCH3 is 1. The van der Waals surface area contributed by atoms with Crippen LogP contribution in [0.4, 0.5) is 0 Å². The van der Waals surface area contributed by atoms with Crippen LogP contribution in [0.15, 0.2) is 30.3 Å². The zero-order valence-electron chi connectivity index (χ0n) is 9.56. The molecule has 0 bridgehead atoms. The van der Waals surface area contributed by atoms with Gasteiger partial charge < -0.3 is 15.4 Å². The standard InChI is InChI=1S/C12H18N2O2/c1-16-10-9-14(8-7-13)12(15)11-5-3-2-4-6-11/h2-6H,7-10,13H2,1H3. The highest BCUT2D eigenvalue weighted by Gasteiger charge is 2.13. The third-order valence-electron chi connectivity index (χ3n) is 2.27. The zero-order valence-corrected chi connectivity index (χ0v) is 9.56. The average Bonchev–Trinajstić information content (AvgIpc) is 2.35. The molecule has 1 aromatic rings. The van der Waals surface area contributed by atoms with Gasteiger partial charge in [-0.05, 0) is 12.1 Å². The Labute approximate surface area is 96.0 Å². The number of amides is 1. The maximum absolute atomic E-state index is 12.1. The molecule has 0 atom stereocenters. The molecule has 1 aromatic carbocycles. The van der Waals surface area contributed by atoms with Crippen molar-refractivity contribution in [1.29, 1.82) is 0 Å². The van der Waals surface area contributed by atoms with Crippen molar-refractivity contribution in [3.8, 4) is 0 Å². The summed E-state index contributed by atoms with van der Waals surface area (Å²) < 4.78 is 4.97. The van der Waals surface area contributed by atoms with E-state index in [0.29, 0.717) is 31.8 Å². The van der Waals surface area contributed by atoms with Crippen LogP contribution in [-0.2, 0) is 4.74 Å². The van der Waals surface area contributed by atoms with Crippen molar-refractivity contribution in [2.24, 2.45) is 5.73 Å². The minimum absolute atomic E-state index is 0.00287. The van der Waals surface area contributed by atoms with E-state index < -0.39 is 0 Å². The van der Waals surface area contributed by atoms with E-state index in [9.17, 15) is 4.79 Å². The largest absolute Gasteiger partial charge is 0.383 e. The number of hydrogen-bond acceptors (Lipinski definition) is 3. The minimum Gasteiger partial charge on any atom is -0.383 e. The summed E-state index contributed by atoms with van der Waals surface area (Å²) in [5.74, 6) is 0.00287. The highest BCUT2D eigenvalue weighted by atomic mass is 16.5. The van der Waals surface area contributed by atoms with E-state index in [0.717, 1.165) is 0 Å². The number of hydrogen-bond donors (Lipinski definition) is 1. The van der Waals surface area contributed by atoms with Crippen LogP contribution in [0.1, 0.15) is 10.4 Å². The molecule has 0 aliphatic rings. The first kappa shape index (κ1) is 12.7. The van der Waals surface area contributed by atoms with Crippen LogP contribution < -0.4 is 5.73 Å². The Kier molecular flexibility index (Phi) is 5.53. The van der Waals surface area contributed by atoms with Crippen molar-refractivity contribution in [3.63, 3.8) is 0 Å². The van der Waals surface area contributed by atoms with Gasteiger partial charge in [0, 0.05) is 32.3 Å². The molecular weight excluding hydrogens is 204 g/mol. The lowest BCUT2D eigenvalue weighted by molar-refractivity contribution is 0.0701. The fourth-order valence-corrected chi connectivity index (χ4v) is 1.44. The van der Waals surface area contributed by atoms with E-state index in [1.807, 2.05) is 18.2 Å². The first-order valence-corrected chi connectivity index (χ1v) is 5.33. The Balaban J connectivity index is 2.67. The van der Waals surface area contributed by atoms with Gasteiger partial charge in [0.25, 0.3) is 5.91 Å². The predicted molar refractivity (Wildman–Crippen MR) is 63.3 cm³/mol. The highest BCUT2D eigenvalue weighted by molar-refractivity contribution is 5.94. The summed E-state index contributed by atoms with van der Waals surface area (Å²) in [6.45, 7) is 2.11. The van der Waals surface area contributed by atoms with Gasteiger partial charge in [0.1, 0.15) is 0 Å². The van der Waals surface area contributed by atoms with Gasteiger partial charge in [-0.15, -0.1) is 0 Å². The second kappa shape index (κ2) is 6.98. The predicted octanol–water partition coefficient (Wildman–Crippen LogP) is 0.734. The van der Waals surface area contributed by atoms with Gasteiger partial charge in [0.05, 0.1) is 6.61 Å². The first-order valence-electron chi connectivity index (χ1n) is 5.33. The molecule has 0 unspecified atom stereocenters. The number of ether oxygens (including phenoxy) is 1. The number of nitrogens with two attached hydrogens (primary N) is 1. The normalized spacial score (nSPS) is 10.1. The second-order valence-electron chi connectivity index (χ2n) is 3.44. The molecule has 0 aliphatic carbocycles. The SMILES string of the molecule is COCCN(CCN)C(=O)c1ccccc1. The fourth-order valence-electron chi connectivity index (χ4n) is 1.44. The molecule has 0 saturated carbocycles. The van der Waals surface area contributed by atoms with Crippen LogP contribution in [0.2, 0.25) is 0 Å². The monoisotopic (exact) mass is 222 g/mol. The van der Waals surface area contributed by atoms with E-state index in [1.54, 1.807) is 24.1 Å². The second-order valence-corrected chi connectivity index (χ2v) is 3.44. The third-order valence-corrected chi connectivity index (χ3v) is 2.27. The fraction of sp³-hybridized carbons (Fsp3) is 0.417. The topological polar surface area (TPSA) is 55.6 Å². The van der Waals surface area contributed by atoms with Gasteiger partial charge in [-0.3, -0.25) is 4.79 Å². The number of benzene rings is 1. The molecule has 16 heavy (non-hydrogen) atoms. The lowest BCUT2D eigenvalue weighted by Gasteiger charge is -2.21. The molecule has 88 valence electrons. The quantitative estimate of drug-likeness (QED) is 0.772. The molecule has 0 aromatic heterocycles. The Morgan fingerprint density at radius 1 is 1.31 bits per heavy atom. The van der Waals surface area contributed by atoms with Gasteiger partial charge in [-0.1, -0.05) is 18.2 Å². The average molecular weight is 222 g/mol. The van der Waals surface area contributed by atoms with Gasteiger partial charge in [-0.2, -0.15) is 0 Å². The maximum Gasteiger partial charge on any atom is 0.253 e. The van der Waals surface area contributed by atoms with Crippen molar-refractivity contribution in [2.45, 2.75) is 0 Å². The van der Waals surface area contributed by atoms with Crippen LogP contribution in [0.5, 0.6) is 0 Å². The molecular formula is C12H18N2O2. The molecule has 0 spiro atoms. The number of carbonyl (C=O) groups excluding carboxylic acids is 1. The summed E-state index contributed by atoms with van der Waals surface area (Å²) in [6.07, 6.45) is 0. The number of carbonyl (C=O) groups is 1. The number of rotatable bonds is 6. The minimum atomic E-state index is 0.00287. The van der Waals surface area contributed by atoms with Crippen LogP contribution in [0.25, 0.3) is 0 Å². The summed E-state index contributed by atoms with van der Waals surface area (Å²) in [6, 6.07) is 9.20. The smallest absolute Gasteiger partial charge is 0.253 e. The molecule has 0 radical (unpaired) electrons. The Hall–Kier alpha value is -1.39. The van der Waals surface area contributed by atoms with Gasteiger partial charge >= 0.3 is 0 Å². The van der Waals surface area contributed by atoms with Crippen molar-refractivity contribution in [3.05, 3.63) is 35.9 Å². The number of nitrogens with zero attached hydrogens (tertiary/aromatic N) is 1. The summed E-state index contributed by atoms with van der Waals surface area (Å²) in [7, 11) is 1.62. The van der Waals surface area contributed by atoms with Crippen molar-refractivity contribution in [2.75, 3.05) is 33.4 Å². The molecule has 0 fully saturated rings. The summed E-state index contributed by atoms with van der Waals surface area (Å²) in [5.41, 5.74) is 6.17. The van der Waals surface area contributed by atoms with Crippen molar-refractivity contribution >= 4 is 5.91 Å². The Morgan fingerprint density at radius 2 is 2.00 bits per heavy atom. The van der Waals surface area contributed by atoms with E-state index in [4.69, 9.17) is 10.5 Å². The van der Waals surface area contributed by atoms with Crippen LogP contribution in [0.3, 0.4) is 0 Å². The van der Waals surface area contributed by atoms with Gasteiger partial charge in [0.2, 0.25) is 0 Å². The Morgan fingerprint density at radius 3 is 2.56 bits per heavy atom. The first-order chi connectivity index (χ1) is 7.79. The van der Waals surface area contributed by atoms with E-state index >= 15 is 0 Å². The summed E-state index contributed by atoms with van der Waals surface area (Å²) >= 11 is 0. The molecule has 2 N–H and O–H groups in total. The molecule has 0 saturated heterocycles. The van der Waals surface area contributed by atoms with Crippen molar-refractivity contribution < 1.29 is 9.53 Å². The van der Waals surface area contributed by atoms with Gasteiger partial charge in [-0.25, -0.2) is 0 Å². The van der Waals surface area contributed by atoms with E-state index in [-0.39, 0.29) is 5.91 Å². The molecule has 4 heteroatoms. The molecule has 1 rings (SSSR count). The molecule has 1 amide bonds. The van der Waals surface area contributed by atoms with Gasteiger partial charge in [0.15, 0.2) is 0 Å². The Bertz CT molecular complexity index is 314. The van der Waals surface area contributed by atoms with E-state index in [1.165, 1.54) is 0 Å². The zero-order chi connectivity index (χ0) is 11.8. The maximum atomic E-state index is 12.1. The third kappa shape index (κ3) is 3.64. The van der Waals surface area contributed by atoms with Crippen LogP contribution in [-0.4, -0.2) is 44.2 Å². The highest BCUT2D eigenvalue weighted by Crippen LogP contribution is 2.04. The molecule has 0 aliphatic heterocycles. The summed E-state index contributed by atoms with van der Waals surface area (Å²) in [4.78, 5) is 13.8. The van der Waals surface area contributed by atoms with Crippen LogP contribution in [0, 0.1) is 0 Å². The van der Waals surface area contributed by atoms with Crippen molar-refractivity contribution in [1.82, 2.24) is 4.90 Å². The lowest BCUT2D eigenvalue weighted by atomic mass is 10.2.